The number of anilines is 1. The predicted molar refractivity (Wildman–Crippen MR) is 104 cm³/mol. The van der Waals surface area contributed by atoms with Crippen LogP contribution in [0, 0.1) is 0 Å². The average Bonchev–Trinajstić information content (AvgIpc) is 3.13. The Morgan fingerprint density at radius 1 is 1.00 bits per heavy atom. The molecule has 0 heterocycles. The van der Waals surface area contributed by atoms with Gasteiger partial charge in [-0.05, 0) is 60.2 Å². The second-order valence-electron chi connectivity index (χ2n) is 6.20. The minimum Gasteiger partial charge on any atom is -0.493 e. The Kier molecular flexibility index (Phi) is 5.51. The molecule has 0 spiro atoms. The van der Waals surface area contributed by atoms with Crippen molar-refractivity contribution in [3.8, 4) is 17.2 Å². The Balaban J connectivity index is 1.72. The lowest BCUT2D eigenvalue weighted by atomic mass is 10.1. The third kappa shape index (κ3) is 3.85. The summed E-state index contributed by atoms with van der Waals surface area (Å²) in [5.74, 6) is 2.13. The number of nitrogens with two attached hydrogens (primary N) is 1. The minimum absolute atomic E-state index is 0.372. The van der Waals surface area contributed by atoms with E-state index in [1.54, 1.807) is 21.3 Å². The summed E-state index contributed by atoms with van der Waals surface area (Å²) >= 11 is 0. The molecule has 0 fully saturated rings. The third-order valence-electron chi connectivity index (χ3n) is 4.53. The number of aryl methyl sites for hydroxylation is 2. The van der Waals surface area contributed by atoms with Crippen LogP contribution in [0.4, 0.5) is 5.69 Å². The van der Waals surface area contributed by atoms with E-state index >= 15 is 0 Å². The number of hydrogen-bond donors (Lipinski definition) is 2. The van der Waals surface area contributed by atoms with E-state index in [2.05, 4.69) is 22.4 Å². The molecule has 0 aliphatic heterocycles. The maximum Gasteiger partial charge on any atom is 0.203 e. The summed E-state index contributed by atoms with van der Waals surface area (Å²) in [4.78, 5) is 4.42. The number of methoxy groups -OCH3 is 3. The van der Waals surface area contributed by atoms with Crippen molar-refractivity contribution in [2.24, 2.45) is 10.7 Å². The molecular weight excluding hydrogens is 330 g/mol. The number of nitrogens with zero attached hydrogens (tertiary/aromatic N) is 1. The molecule has 3 rings (SSSR count). The van der Waals surface area contributed by atoms with E-state index in [0.717, 1.165) is 17.7 Å². The van der Waals surface area contributed by atoms with Crippen molar-refractivity contribution in [1.29, 1.82) is 0 Å². The molecular formula is C20H25N3O3. The first-order valence-electron chi connectivity index (χ1n) is 8.62. The Labute approximate surface area is 154 Å². The van der Waals surface area contributed by atoms with E-state index in [0.29, 0.717) is 29.8 Å². The standard InChI is InChI=1S/C20H25N3O3/c1-24-17-9-13(10-18(25-2)19(17)26-3)12-22-20(21)23-16-8-7-14-5-4-6-15(14)11-16/h7-11H,4-6,12H2,1-3H3,(H3,21,22,23). The van der Waals surface area contributed by atoms with Gasteiger partial charge in [-0.3, -0.25) is 0 Å². The number of guanidine groups is 1. The van der Waals surface area contributed by atoms with Gasteiger partial charge in [-0.15, -0.1) is 0 Å². The Morgan fingerprint density at radius 2 is 1.69 bits per heavy atom. The van der Waals surface area contributed by atoms with Crippen LogP contribution >= 0.6 is 0 Å². The number of fused-ring (bicyclic) bond motifs is 1. The molecule has 1 aliphatic carbocycles. The van der Waals surface area contributed by atoms with Crippen LogP contribution in [0.5, 0.6) is 17.2 Å². The molecule has 0 radical (unpaired) electrons. The summed E-state index contributed by atoms with van der Waals surface area (Å²) in [5, 5.41) is 3.16. The number of aliphatic imine (C=N–C) groups is 1. The first-order chi connectivity index (χ1) is 12.6. The van der Waals surface area contributed by atoms with Gasteiger partial charge in [-0.1, -0.05) is 6.07 Å². The molecule has 0 saturated carbocycles. The lowest BCUT2D eigenvalue weighted by Crippen LogP contribution is -2.22. The maximum absolute atomic E-state index is 6.05. The smallest absolute Gasteiger partial charge is 0.203 e. The number of rotatable bonds is 6. The van der Waals surface area contributed by atoms with Crippen LogP contribution in [0.1, 0.15) is 23.1 Å². The average molecular weight is 355 g/mol. The fourth-order valence-electron chi connectivity index (χ4n) is 3.24. The SMILES string of the molecule is COc1cc(CN=C(N)Nc2ccc3c(c2)CCC3)cc(OC)c1OC. The maximum atomic E-state index is 6.05. The van der Waals surface area contributed by atoms with E-state index in [1.165, 1.54) is 24.0 Å². The fraction of sp³-hybridized carbons (Fsp3) is 0.350. The van der Waals surface area contributed by atoms with Crippen LogP contribution in [0.25, 0.3) is 0 Å². The fourth-order valence-corrected chi connectivity index (χ4v) is 3.24. The van der Waals surface area contributed by atoms with Gasteiger partial charge in [0, 0.05) is 5.69 Å². The first kappa shape index (κ1) is 17.9. The zero-order valence-corrected chi connectivity index (χ0v) is 15.5. The predicted octanol–water partition coefficient (Wildman–Crippen LogP) is 3.13. The Bertz CT molecular complexity index is 793. The van der Waals surface area contributed by atoms with E-state index in [-0.39, 0.29) is 0 Å². The van der Waals surface area contributed by atoms with Crippen molar-refractivity contribution < 1.29 is 14.2 Å². The quantitative estimate of drug-likeness (QED) is 0.615. The van der Waals surface area contributed by atoms with Crippen molar-refractivity contribution >= 4 is 11.6 Å². The molecule has 0 amide bonds. The number of ether oxygens (including phenoxy) is 3. The molecule has 2 aromatic rings. The highest BCUT2D eigenvalue weighted by Gasteiger charge is 2.13. The zero-order chi connectivity index (χ0) is 18.5. The third-order valence-corrected chi connectivity index (χ3v) is 4.53. The van der Waals surface area contributed by atoms with Crippen molar-refractivity contribution in [2.75, 3.05) is 26.6 Å². The Morgan fingerprint density at radius 3 is 2.35 bits per heavy atom. The normalized spacial score (nSPS) is 13.3. The molecule has 6 nitrogen and oxygen atoms in total. The molecule has 6 heteroatoms. The highest BCUT2D eigenvalue weighted by atomic mass is 16.5. The van der Waals surface area contributed by atoms with Crippen molar-refractivity contribution in [1.82, 2.24) is 0 Å². The van der Waals surface area contributed by atoms with Gasteiger partial charge in [0.1, 0.15) is 0 Å². The van der Waals surface area contributed by atoms with Crippen LogP contribution in [-0.4, -0.2) is 27.3 Å². The largest absolute Gasteiger partial charge is 0.493 e. The first-order valence-corrected chi connectivity index (χ1v) is 8.62. The van der Waals surface area contributed by atoms with Crippen molar-refractivity contribution in [3.05, 3.63) is 47.0 Å². The van der Waals surface area contributed by atoms with Gasteiger partial charge in [0.05, 0.1) is 27.9 Å². The topological polar surface area (TPSA) is 78.1 Å². The molecule has 0 bridgehead atoms. The van der Waals surface area contributed by atoms with E-state index < -0.39 is 0 Å². The van der Waals surface area contributed by atoms with Gasteiger partial charge in [0.15, 0.2) is 17.5 Å². The summed E-state index contributed by atoms with van der Waals surface area (Å²) in [6.07, 6.45) is 3.52. The van der Waals surface area contributed by atoms with E-state index in [9.17, 15) is 0 Å². The number of benzene rings is 2. The summed E-state index contributed by atoms with van der Waals surface area (Å²) < 4.78 is 16.1. The van der Waals surface area contributed by atoms with Crippen LogP contribution in [-0.2, 0) is 19.4 Å². The monoisotopic (exact) mass is 355 g/mol. The molecule has 0 unspecified atom stereocenters. The molecule has 0 saturated heterocycles. The summed E-state index contributed by atoms with van der Waals surface area (Å²) in [6, 6.07) is 10.1. The lowest BCUT2D eigenvalue weighted by molar-refractivity contribution is 0.324. The van der Waals surface area contributed by atoms with Crippen LogP contribution in [0.3, 0.4) is 0 Å². The molecule has 2 aromatic carbocycles. The molecule has 26 heavy (non-hydrogen) atoms. The highest BCUT2D eigenvalue weighted by molar-refractivity contribution is 5.92. The van der Waals surface area contributed by atoms with Gasteiger partial charge in [-0.25, -0.2) is 4.99 Å². The molecule has 0 atom stereocenters. The second-order valence-corrected chi connectivity index (χ2v) is 6.20. The van der Waals surface area contributed by atoms with Gasteiger partial charge in [0.2, 0.25) is 5.75 Å². The second kappa shape index (κ2) is 7.99. The van der Waals surface area contributed by atoms with Gasteiger partial charge < -0.3 is 25.3 Å². The highest BCUT2D eigenvalue weighted by Crippen LogP contribution is 2.38. The van der Waals surface area contributed by atoms with Crippen LogP contribution < -0.4 is 25.3 Å². The van der Waals surface area contributed by atoms with E-state index in [1.807, 2.05) is 18.2 Å². The van der Waals surface area contributed by atoms with Crippen molar-refractivity contribution in [3.63, 3.8) is 0 Å². The molecule has 1 aliphatic rings. The number of hydrogen-bond acceptors (Lipinski definition) is 4. The van der Waals surface area contributed by atoms with Crippen LogP contribution in [0.2, 0.25) is 0 Å². The van der Waals surface area contributed by atoms with Gasteiger partial charge in [0.25, 0.3) is 0 Å². The van der Waals surface area contributed by atoms with Crippen LogP contribution in [0.15, 0.2) is 35.3 Å². The zero-order valence-electron chi connectivity index (χ0n) is 15.5. The van der Waals surface area contributed by atoms with E-state index in [4.69, 9.17) is 19.9 Å². The lowest BCUT2D eigenvalue weighted by Gasteiger charge is -2.13. The minimum atomic E-state index is 0.372. The number of nitrogens with one attached hydrogen (secondary N) is 1. The summed E-state index contributed by atoms with van der Waals surface area (Å²) in [6.45, 7) is 0.403. The van der Waals surface area contributed by atoms with Gasteiger partial charge >= 0.3 is 0 Å². The summed E-state index contributed by atoms with van der Waals surface area (Å²) in [5.41, 5.74) is 10.8. The summed E-state index contributed by atoms with van der Waals surface area (Å²) in [7, 11) is 4.76. The Hall–Kier alpha value is -2.89. The van der Waals surface area contributed by atoms with Gasteiger partial charge in [-0.2, -0.15) is 0 Å². The van der Waals surface area contributed by atoms with Crippen molar-refractivity contribution in [2.45, 2.75) is 25.8 Å². The molecule has 3 N–H and O–H groups in total. The molecule has 138 valence electrons. The molecule has 0 aromatic heterocycles.